The molecule has 0 aromatic heterocycles. The number of rotatable bonds is 14. The van der Waals surface area contributed by atoms with Crippen molar-refractivity contribution < 1.29 is 18.0 Å². The maximum absolute atomic E-state index is 14.5. The van der Waals surface area contributed by atoms with Crippen LogP contribution in [0.25, 0.3) is 0 Å². The summed E-state index contributed by atoms with van der Waals surface area (Å²) in [5, 5.41) is 3.50. The van der Waals surface area contributed by atoms with Gasteiger partial charge >= 0.3 is 0 Å². The molecule has 0 fully saturated rings. The molecule has 4 aromatic rings. The number of hydrogen-bond donors (Lipinski definition) is 1. The van der Waals surface area contributed by atoms with E-state index in [4.69, 9.17) is 11.6 Å². The summed E-state index contributed by atoms with van der Waals surface area (Å²) in [6, 6.07) is 29.3. The predicted octanol–water partition coefficient (Wildman–Crippen LogP) is 6.71. The fraction of sp³-hybridized carbons (Fsp3) is 0.278. The van der Waals surface area contributed by atoms with Crippen LogP contribution in [0.3, 0.4) is 0 Å². The Balaban J connectivity index is 1.79. The SMILES string of the molecule is CCCCNC(=O)[C@H](Cc1ccccc1)N(Cc1cccc(Cl)c1)C(=O)CN(c1cccc(C)c1)S(=O)(=O)c1ccc(C)cc1. The first-order chi connectivity index (χ1) is 21.6. The van der Waals surface area contributed by atoms with Gasteiger partial charge in [0.05, 0.1) is 10.6 Å². The zero-order valence-electron chi connectivity index (χ0n) is 25.9. The van der Waals surface area contributed by atoms with Gasteiger partial charge in [0.25, 0.3) is 10.0 Å². The van der Waals surface area contributed by atoms with E-state index in [1.54, 1.807) is 60.7 Å². The topological polar surface area (TPSA) is 86.8 Å². The van der Waals surface area contributed by atoms with Gasteiger partial charge in [0, 0.05) is 24.5 Å². The van der Waals surface area contributed by atoms with Crippen molar-refractivity contribution in [3.8, 4) is 0 Å². The number of nitrogens with one attached hydrogen (secondary N) is 1. The van der Waals surface area contributed by atoms with Crippen LogP contribution in [0.1, 0.15) is 42.0 Å². The molecule has 0 saturated carbocycles. The highest BCUT2D eigenvalue weighted by atomic mass is 35.5. The molecule has 4 aromatic carbocycles. The van der Waals surface area contributed by atoms with E-state index in [-0.39, 0.29) is 23.8 Å². The molecule has 7 nitrogen and oxygen atoms in total. The van der Waals surface area contributed by atoms with Gasteiger partial charge in [0.15, 0.2) is 0 Å². The van der Waals surface area contributed by atoms with Crippen LogP contribution in [0.2, 0.25) is 5.02 Å². The molecule has 0 heterocycles. The second-order valence-corrected chi connectivity index (χ2v) is 13.5. The Morgan fingerprint density at radius 1 is 0.822 bits per heavy atom. The number of aryl methyl sites for hydroxylation is 2. The van der Waals surface area contributed by atoms with Crippen LogP contribution in [0, 0.1) is 13.8 Å². The molecule has 9 heteroatoms. The van der Waals surface area contributed by atoms with Crippen LogP contribution >= 0.6 is 11.6 Å². The standard InChI is InChI=1S/C36H40ClN3O4S/c1-4-5-21-38-36(42)34(24-29-12-7-6-8-13-29)39(25-30-14-10-15-31(37)23-30)35(41)26-40(32-16-9-11-28(3)22-32)45(43,44)33-19-17-27(2)18-20-33/h6-20,22-23,34H,4-5,21,24-26H2,1-3H3,(H,38,42)/t34-/m0/s1. The van der Waals surface area contributed by atoms with E-state index in [9.17, 15) is 18.0 Å². The number of sulfonamides is 1. The molecule has 1 N–H and O–H groups in total. The molecule has 236 valence electrons. The van der Waals surface area contributed by atoms with Crippen molar-refractivity contribution in [3.63, 3.8) is 0 Å². The molecule has 0 aliphatic rings. The minimum atomic E-state index is -4.15. The van der Waals surface area contributed by atoms with Gasteiger partial charge in [-0.05, 0) is 73.4 Å². The smallest absolute Gasteiger partial charge is 0.264 e. The van der Waals surface area contributed by atoms with Gasteiger partial charge in [-0.3, -0.25) is 13.9 Å². The third-order valence-corrected chi connectivity index (χ3v) is 9.54. The summed E-state index contributed by atoms with van der Waals surface area (Å²) in [5.41, 5.74) is 3.71. The highest BCUT2D eigenvalue weighted by Crippen LogP contribution is 2.26. The van der Waals surface area contributed by atoms with Gasteiger partial charge < -0.3 is 10.2 Å². The summed E-state index contributed by atoms with van der Waals surface area (Å²) < 4.78 is 29.4. The summed E-state index contributed by atoms with van der Waals surface area (Å²) in [5.74, 6) is -0.815. The minimum absolute atomic E-state index is 0.0598. The van der Waals surface area contributed by atoms with E-state index in [1.165, 1.54) is 4.90 Å². The van der Waals surface area contributed by atoms with Crippen LogP contribution in [-0.4, -0.2) is 44.3 Å². The number of amides is 2. The van der Waals surface area contributed by atoms with Crippen LogP contribution in [0.4, 0.5) is 5.69 Å². The van der Waals surface area contributed by atoms with Gasteiger partial charge in [-0.2, -0.15) is 0 Å². The van der Waals surface area contributed by atoms with Crippen molar-refractivity contribution in [2.24, 2.45) is 0 Å². The number of halogens is 1. The summed E-state index contributed by atoms with van der Waals surface area (Å²) in [6.07, 6.45) is 1.94. The number of nitrogens with zero attached hydrogens (tertiary/aromatic N) is 2. The number of carbonyl (C=O) groups excluding carboxylic acids is 2. The van der Waals surface area contributed by atoms with Crippen molar-refractivity contribution in [1.82, 2.24) is 10.2 Å². The lowest BCUT2D eigenvalue weighted by Gasteiger charge is -2.34. The lowest BCUT2D eigenvalue weighted by molar-refractivity contribution is -0.140. The molecule has 0 spiro atoms. The van der Waals surface area contributed by atoms with E-state index in [1.807, 2.05) is 63.2 Å². The predicted molar refractivity (Wildman–Crippen MR) is 181 cm³/mol. The van der Waals surface area contributed by atoms with Crippen LogP contribution < -0.4 is 9.62 Å². The van der Waals surface area contributed by atoms with Crippen molar-refractivity contribution in [2.75, 3.05) is 17.4 Å². The monoisotopic (exact) mass is 645 g/mol. The third kappa shape index (κ3) is 9.19. The van der Waals surface area contributed by atoms with Crippen molar-refractivity contribution in [3.05, 3.63) is 130 Å². The quantitative estimate of drug-likeness (QED) is 0.155. The second-order valence-electron chi connectivity index (χ2n) is 11.2. The Morgan fingerprint density at radius 3 is 2.18 bits per heavy atom. The van der Waals surface area contributed by atoms with E-state index >= 15 is 0 Å². The summed E-state index contributed by atoms with van der Waals surface area (Å²) in [7, 11) is -4.15. The highest BCUT2D eigenvalue weighted by Gasteiger charge is 2.34. The molecule has 1 atom stereocenters. The van der Waals surface area contributed by atoms with Crippen molar-refractivity contribution in [1.29, 1.82) is 0 Å². The fourth-order valence-electron chi connectivity index (χ4n) is 5.04. The summed E-state index contributed by atoms with van der Waals surface area (Å²) in [6.45, 7) is 5.81. The first-order valence-electron chi connectivity index (χ1n) is 15.1. The Kier molecular flexibility index (Phi) is 11.8. The molecule has 0 aliphatic heterocycles. The fourth-order valence-corrected chi connectivity index (χ4v) is 6.66. The van der Waals surface area contributed by atoms with Crippen LogP contribution in [0.5, 0.6) is 0 Å². The molecule has 4 rings (SSSR count). The van der Waals surface area contributed by atoms with E-state index < -0.39 is 28.5 Å². The molecule has 0 unspecified atom stereocenters. The zero-order valence-corrected chi connectivity index (χ0v) is 27.5. The number of carbonyl (C=O) groups is 2. The number of hydrogen-bond acceptors (Lipinski definition) is 4. The molecule has 45 heavy (non-hydrogen) atoms. The largest absolute Gasteiger partial charge is 0.354 e. The molecular weight excluding hydrogens is 606 g/mol. The Labute approximate surface area is 271 Å². The van der Waals surface area contributed by atoms with Crippen LogP contribution in [0.15, 0.2) is 108 Å². The number of anilines is 1. The summed E-state index contributed by atoms with van der Waals surface area (Å²) in [4.78, 5) is 29.9. The van der Waals surface area contributed by atoms with Crippen LogP contribution in [-0.2, 0) is 32.6 Å². The molecule has 0 saturated heterocycles. The van der Waals surface area contributed by atoms with E-state index in [0.29, 0.717) is 17.3 Å². The Morgan fingerprint density at radius 2 is 1.51 bits per heavy atom. The maximum atomic E-state index is 14.5. The third-order valence-electron chi connectivity index (χ3n) is 7.52. The first kappa shape index (κ1) is 33.7. The minimum Gasteiger partial charge on any atom is -0.354 e. The van der Waals surface area contributed by atoms with Crippen molar-refractivity contribution >= 4 is 39.1 Å². The molecular formula is C36H40ClN3O4S. The summed E-state index contributed by atoms with van der Waals surface area (Å²) >= 11 is 6.31. The molecule has 2 amide bonds. The van der Waals surface area contributed by atoms with E-state index in [2.05, 4.69) is 5.32 Å². The van der Waals surface area contributed by atoms with Gasteiger partial charge in [0.1, 0.15) is 12.6 Å². The first-order valence-corrected chi connectivity index (χ1v) is 16.9. The van der Waals surface area contributed by atoms with Gasteiger partial charge in [-0.15, -0.1) is 0 Å². The van der Waals surface area contributed by atoms with E-state index in [0.717, 1.165) is 39.4 Å². The van der Waals surface area contributed by atoms with Crippen molar-refractivity contribution in [2.45, 2.75) is 57.5 Å². The zero-order chi connectivity index (χ0) is 32.4. The highest BCUT2D eigenvalue weighted by molar-refractivity contribution is 7.92. The molecule has 0 aliphatic carbocycles. The molecule has 0 radical (unpaired) electrons. The second kappa shape index (κ2) is 15.7. The van der Waals surface area contributed by atoms with Gasteiger partial charge in [-0.25, -0.2) is 8.42 Å². The Bertz CT molecular complexity index is 1700. The van der Waals surface area contributed by atoms with Gasteiger partial charge in [-0.1, -0.05) is 97.2 Å². The lowest BCUT2D eigenvalue weighted by Crippen LogP contribution is -2.53. The Hall–Kier alpha value is -4.14. The number of benzene rings is 4. The maximum Gasteiger partial charge on any atom is 0.264 e. The number of unbranched alkanes of at least 4 members (excludes halogenated alkanes) is 1. The average Bonchev–Trinajstić information content (AvgIpc) is 3.02. The lowest BCUT2D eigenvalue weighted by atomic mass is 10.0. The van der Waals surface area contributed by atoms with Gasteiger partial charge in [0.2, 0.25) is 11.8 Å². The normalized spacial score (nSPS) is 11.9. The average molecular weight is 646 g/mol. The molecule has 0 bridgehead atoms.